The van der Waals surface area contributed by atoms with Crippen LogP contribution < -0.4 is 19.5 Å². The molecule has 0 saturated heterocycles. The number of nitrogens with one attached hydrogen (secondary N) is 2. The third kappa shape index (κ3) is 3.67. The second-order valence-electron chi connectivity index (χ2n) is 5.77. The minimum Gasteiger partial charge on any atom is -0.493 e. The molecule has 0 radical (unpaired) electrons. The van der Waals surface area contributed by atoms with E-state index in [-0.39, 0.29) is 10.8 Å². The maximum atomic E-state index is 12.4. The molecule has 2 N–H and O–H groups in total. The van der Waals surface area contributed by atoms with Gasteiger partial charge in [0.05, 0.1) is 18.6 Å². The van der Waals surface area contributed by atoms with Crippen molar-refractivity contribution in [2.24, 2.45) is 0 Å². The second-order valence-corrected chi connectivity index (χ2v) is 7.66. The molecule has 3 rings (SSSR count). The molecule has 0 aliphatic carbocycles. The number of fused-ring (bicyclic) bond motifs is 1. The van der Waals surface area contributed by atoms with Crippen molar-refractivity contribution >= 4 is 33.3 Å². The Morgan fingerprint density at radius 3 is 2.59 bits per heavy atom. The van der Waals surface area contributed by atoms with Crippen LogP contribution in [0.3, 0.4) is 0 Å². The summed E-state index contributed by atoms with van der Waals surface area (Å²) < 4.78 is 37.2. The lowest BCUT2D eigenvalue weighted by atomic mass is 10.0. The van der Waals surface area contributed by atoms with Gasteiger partial charge in [0.25, 0.3) is 5.91 Å². The number of rotatable bonds is 6. The Hall–Kier alpha value is -2.84. The van der Waals surface area contributed by atoms with E-state index >= 15 is 0 Å². The zero-order valence-electron chi connectivity index (χ0n) is 15.2. The highest BCUT2D eigenvalue weighted by Gasteiger charge is 2.26. The van der Waals surface area contributed by atoms with Crippen LogP contribution in [-0.4, -0.2) is 35.1 Å². The first-order valence-corrected chi connectivity index (χ1v) is 9.79. The summed E-state index contributed by atoms with van der Waals surface area (Å²) in [5.74, 6) is 0.869. The summed E-state index contributed by atoms with van der Waals surface area (Å²) in [4.78, 5) is 12.5. The van der Waals surface area contributed by atoms with Crippen molar-refractivity contribution in [3.8, 4) is 11.5 Å². The highest BCUT2D eigenvalue weighted by molar-refractivity contribution is 7.89. The Morgan fingerprint density at radius 2 is 1.93 bits per heavy atom. The van der Waals surface area contributed by atoms with Gasteiger partial charge in [-0.2, -0.15) is 0 Å². The van der Waals surface area contributed by atoms with E-state index in [0.29, 0.717) is 34.9 Å². The Morgan fingerprint density at radius 1 is 1.15 bits per heavy atom. The number of anilines is 1. The van der Waals surface area contributed by atoms with Gasteiger partial charge in [0.15, 0.2) is 11.5 Å². The maximum absolute atomic E-state index is 12.4. The van der Waals surface area contributed by atoms with E-state index in [1.165, 1.54) is 19.2 Å². The van der Waals surface area contributed by atoms with Crippen LogP contribution >= 0.6 is 0 Å². The molecule has 1 aliphatic heterocycles. The molecule has 0 spiro atoms. The van der Waals surface area contributed by atoms with E-state index in [2.05, 4.69) is 10.0 Å². The van der Waals surface area contributed by atoms with Gasteiger partial charge in [0.1, 0.15) is 0 Å². The van der Waals surface area contributed by atoms with Crippen molar-refractivity contribution in [1.29, 1.82) is 0 Å². The fraction of sp³-hybridized carbons (Fsp3) is 0.211. The first-order chi connectivity index (χ1) is 12.9. The van der Waals surface area contributed by atoms with Crippen LogP contribution in [0, 0.1) is 0 Å². The normalized spacial score (nSPS) is 14.8. The lowest BCUT2D eigenvalue weighted by molar-refractivity contribution is -0.110. The van der Waals surface area contributed by atoms with E-state index in [9.17, 15) is 13.2 Å². The first-order valence-electron chi connectivity index (χ1n) is 8.31. The summed E-state index contributed by atoms with van der Waals surface area (Å²) in [5, 5.41) is 2.75. The van der Waals surface area contributed by atoms with E-state index in [1.54, 1.807) is 37.5 Å². The first kappa shape index (κ1) is 18.9. The lowest BCUT2D eigenvalue weighted by Crippen LogP contribution is -2.18. The highest BCUT2D eigenvalue weighted by atomic mass is 32.2. The van der Waals surface area contributed by atoms with Gasteiger partial charge < -0.3 is 14.8 Å². The Bertz CT molecular complexity index is 1030. The van der Waals surface area contributed by atoms with E-state index in [4.69, 9.17) is 9.47 Å². The van der Waals surface area contributed by atoms with Crippen LogP contribution in [0.25, 0.3) is 11.6 Å². The van der Waals surface area contributed by atoms with Crippen molar-refractivity contribution < 1.29 is 22.7 Å². The van der Waals surface area contributed by atoms with Gasteiger partial charge in [-0.3, -0.25) is 4.79 Å². The minimum absolute atomic E-state index is 0.0930. The lowest BCUT2D eigenvalue weighted by Gasteiger charge is -2.10. The van der Waals surface area contributed by atoms with Gasteiger partial charge in [-0.25, -0.2) is 13.1 Å². The van der Waals surface area contributed by atoms with Gasteiger partial charge in [0, 0.05) is 16.8 Å². The van der Waals surface area contributed by atoms with Gasteiger partial charge in [-0.1, -0.05) is 6.07 Å². The third-order valence-corrected chi connectivity index (χ3v) is 5.56. The fourth-order valence-electron chi connectivity index (χ4n) is 2.81. The number of hydrogen-bond donors (Lipinski definition) is 2. The molecule has 1 amide bonds. The van der Waals surface area contributed by atoms with Crippen LogP contribution in [0.15, 0.2) is 41.3 Å². The molecule has 0 fully saturated rings. The average molecular weight is 388 g/mol. The topological polar surface area (TPSA) is 93.7 Å². The Balaban J connectivity index is 2.06. The van der Waals surface area contributed by atoms with E-state index in [1.807, 2.05) is 6.92 Å². The number of ether oxygens (including phenoxy) is 2. The zero-order chi connectivity index (χ0) is 19.6. The monoisotopic (exact) mass is 388 g/mol. The summed E-state index contributed by atoms with van der Waals surface area (Å²) in [6, 6.07) is 9.85. The molecule has 27 heavy (non-hydrogen) atoms. The molecule has 0 bridgehead atoms. The van der Waals surface area contributed by atoms with E-state index < -0.39 is 10.0 Å². The molecule has 8 heteroatoms. The molecule has 2 aromatic carbocycles. The molecule has 142 valence electrons. The number of benzene rings is 2. The smallest absolute Gasteiger partial charge is 0.256 e. The zero-order valence-corrected chi connectivity index (χ0v) is 16.0. The predicted molar refractivity (Wildman–Crippen MR) is 103 cm³/mol. The van der Waals surface area contributed by atoms with Gasteiger partial charge >= 0.3 is 0 Å². The van der Waals surface area contributed by atoms with Crippen molar-refractivity contribution in [2.75, 3.05) is 26.1 Å². The summed E-state index contributed by atoms with van der Waals surface area (Å²) in [5.41, 5.74) is 2.21. The van der Waals surface area contributed by atoms with Crippen molar-refractivity contribution in [2.45, 2.75) is 11.8 Å². The molecular weight excluding hydrogens is 368 g/mol. The average Bonchev–Trinajstić information content (AvgIpc) is 2.97. The fourth-order valence-corrected chi connectivity index (χ4v) is 3.57. The van der Waals surface area contributed by atoms with Crippen LogP contribution in [-0.2, 0) is 14.8 Å². The number of methoxy groups -OCH3 is 1. The molecule has 1 heterocycles. The van der Waals surface area contributed by atoms with E-state index in [0.717, 1.165) is 5.56 Å². The third-order valence-electron chi connectivity index (χ3n) is 4.15. The van der Waals surface area contributed by atoms with Crippen LogP contribution in [0.5, 0.6) is 11.5 Å². The minimum atomic E-state index is -3.61. The summed E-state index contributed by atoms with van der Waals surface area (Å²) >= 11 is 0. The number of carbonyl (C=O) groups is 1. The Kier molecular flexibility index (Phi) is 5.20. The molecule has 0 unspecified atom stereocenters. The van der Waals surface area contributed by atoms with Gasteiger partial charge in [-0.05, 0) is 55.9 Å². The predicted octanol–water partition coefficient (Wildman–Crippen LogP) is 2.49. The summed E-state index contributed by atoms with van der Waals surface area (Å²) in [7, 11) is -0.724. The Labute approximate surface area is 158 Å². The van der Waals surface area contributed by atoms with Gasteiger partial charge in [0.2, 0.25) is 10.0 Å². The van der Waals surface area contributed by atoms with Crippen LogP contribution in [0.2, 0.25) is 0 Å². The van der Waals surface area contributed by atoms with Crippen molar-refractivity contribution in [3.63, 3.8) is 0 Å². The van der Waals surface area contributed by atoms with Crippen molar-refractivity contribution in [3.05, 3.63) is 47.5 Å². The molecular formula is C19H20N2O5S. The standard InChI is InChI=1S/C19H20N2O5S/c1-4-26-17-8-5-12(10-18(17)25-3)9-15-14-11-13(27(23,24)20-2)6-7-16(14)21-19(15)22/h5-11,20H,4H2,1-3H3,(H,21,22). The van der Waals surface area contributed by atoms with Crippen LogP contribution in [0.1, 0.15) is 18.1 Å². The summed E-state index contributed by atoms with van der Waals surface area (Å²) in [6.45, 7) is 2.39. The molecule has 0 saturated carbocycles. The van der Waals surface area contributed by atoms with Gasteiger partial charge in [-0.15, -0.1) is 0 Å². The quantitative estimate of drug-likeness (QED) is 0.742. The molecule has 2 aromatic rings. The second kappa shape index (κ2) is 7.42. The highest BCUT2D eigenvalue weighted by Crippen LogP contribution is 2.36. The largest absolute Gasteiger partial charge is 0.493 e. The molecule has 1 aliphatic rings. The SMILES string of the molecule is CCOc1ccc(C=C2C(=O)Nc3ccc(S(=O)(=O)NC)cc32)cc1OC. The maximum Gasteiger partial charge on any atom is 0.256 e. The molecule has 0 atom stereocenters. The molecule has 7 nitrogen and oxygen atoms in total. The van der Waals surface area contributed by atoms with Crippen molar-refractivity contribution in [1.82, 2.24) is 4.72 Å². The summed E-state index contributed by atoms with van der Waals surface area (Å²) in [6.07, 6.45) is 1.69. The number of carbonyl (C=O) groups excluding carboxylic acids is 1. The molecule has 0 aromatic heterocycles. The van der Waals surface area contributed by atoms with Crippen LogP contribution in [0.4, 0.5) is 5.69 Å². The number of amides is 1. The number of sulfonamides is 1. The number of hydrogen-bond acceptors (Lipinski definition) is 5.